The van der Waals surface area contributed by atoms with Gasteiger partial charge in [0.2, 0.25) is 0 Å². The zero-order chi connectivity index (χ0) is 10.1. The quantitative estimate of drug-likeness (QED) is 0.611. The fourth-order valence-corrected chi connectivity index (χ4v) is 1.88. The lowest BCUT2D eigenvalue weighted by atomic mass is 9.88. The van der Waals surface area contributed by atoms with Crippen LogP contribution >= 0.6 is 0 Å². The lowest BCUT2D eigenvalue weighted by Gasteiger charge is -2.19. The minimum absolute atomic E-state index is 0.00871. The van der Waals surface area contributed by atoms with E-state index in [4.69, 9.17) is 4.74 Å². The van der Waals surface area contributed by atoms with Gasteiger partial charge in [-0.1, -0.05) is 6.92 Å². The summed E-state index contributed by atoms with van der Waals surface area (Å²) >= 11 is 0. The van der Waals surface area contributed by atoms with E-state index in [0.717, 1.165) is 0 Å². The third kappa shape index (κ3) is 1.90. The minimum Gasteiger partial charge on any atom is -0.466 e. The lowest BCUT2D eigenvalue weighted by Crippen LogP contribution is -2.27. The van der Waals surface area contributed by atoms with Gasteiger partial charge in [0.15, 0.2) is 0 Å². The van der Waals surface area contributed by atoms with Crippen LogP contribution in [0.2, 0.25) is 0 Å². The summed E-state index contributed by atoms with van der Waals surface area (Å²) in [7, 11) is 0. The maximum atomic E-state index is 11.5. The number of Topliss-reactive ketones (excluding diaryl/α,β-unsaturated/α-hetero) is 1. The third-order valence-corrected chi connectivity index (χ3v) is 2.64. The van der Waals surface area contributed by atoms with Crippen molar-refractivity contribution in [2.75, 3.05) is 6.61 Å². The van der Waals surface area contributed by atoms with E-state index in [2.05, 4.69) is 0 Å². The van der Waals surface area contributed by atoms with E-state index >= 15 is 0 Å². The first-order valence-electron chi connectivity index (χ1n) is 4.69. The van der Waals surface area contributed by atoms with Crippen LogP contribution in [0.25, 0.3) is 0 Å². The van der Waals surface area contributed by atoms with Crippen molar-refractivity contribution in [3.63, 3.8) is 0 Å². The topological polar surface area (TPSA) is 43.4 Å². The van der Waals surface area contributed by atoms with Crippen molar-refractivity contribution in [2.24, 2.45) is 11.3 Å². The second kappa shape index (κ2) is 3.48. The summed E-state index contributed by atoms with van der Waals surface area (Å²) < 4.78 is 4.93. The average molecular weight is 184 g/mol. The number of carbonyl (C=O) groups excluding carboxylic acids is 2. The van der Waals surface area contributed by atoms with Gasteiger partial charge >= 0.3 is 5.97 Å². The summed E-state index contributed by atoms with van der Waals surface area (Å²) in [5.74, 6) is -0.0438. The summed E-state index contributed by atoms with van der Waals surface area (Å²) in [5, 5.41) is 0. The third-order valence-electron chi connectivity index (χ3n) is 2.64. The Morgan fingerprint density at radius 1 is 1.69 bits per heavy atom. The number of ketones is 1. The first kappa shape index (κ1) is 10.2. The van der Waals surface area contributed by atoms with Crippen molar-refractivity contribution in [1.82, 2.24) is 0 Å². The van der Waals surface area contributed by atoms with Gasteiger partial charge in [0.25, 0.3) is 0 Å². The lowest BCUT2D eigenvalue weighted by molar-refractivity contribution is -0.154. The van der Waals surface area contributed by atoms with Crippen LogP contribution in [-0.4, -0.2) is 18.4 Å². The molecule has 1 aliphatic rings. The number of carbonyl (C=O) groups is 2. The molecular weight excluding hydrogens is 168 g/mol. The van der Waals surface area contributed by atoms with E-state index in [9.17, 15) is 9.59 Å². The van der Waals surface area contributed by atoms with E-state index in [-0.39, 0.29) is 17.7 Å². The Kier molecular flexibility index (Phi) is 2.74. The molecule has 0 bridgehead atoms. The van der Waals surface area contributed by atoms with Gasteiger partial charge in [-0.05, 0) is 20.3 Å². The molecule has 1 aliphatic carbocycles. The van der Waals surface area contributed by atoms with Gasteiger partial charge in [-0.15, -0.1) is 0 Å². The van der Waals surface area contributed by atoms with Crippen LogP contribution in [0.4, 0.5) is 0 Å². The number of rotatable bonds is 2. The van der Waals surface area contributed by atoms with Gasteiger partial charge in [0.1, 0.15) is 5.78 Å². The molecule has 0 N–H and O–H groups in total. The van der Waals surface area contributed by atoms with Crippen LogP contribution in [0, 0.1) is 11.3 Å². The Hall–Kier alpha value is -0.860. The highest BCUT2D eigenvalue weighted by molar-refractivity contribution is 5.91. The summed E-state index contributed by atoms with van der Waals surface area (Å²) in [6.45, 7) is 5.84. The number of ether oxygens (including phenoxy) is 1. The Bertz CT molecular complexity index is 234. The van der Waals surface area contributed by atoms with E-state index in [1.807, 2.05) is 13.8 Å². The molecule has 0 spiro atoms. The van der Waals surface area contributed by atoms with Crippen LogP contribution in [0.5, 0.6) is 0 Å². The van der Waals surface area contributed by atoms with Gasteiger partial charge in [0.05, 0.1) is 12.0 Å². The largest absolute Gasteiger partial charge is 0.466 e. The molecule has 0 saturated heterocycles. The van der Waals surface area contributed by atoms with Gasteiger partial charge in [-0.2, -0.15) is 0 Å². The summed E-state index contributed by atoms with van der Waals surface area (Å²) in [6.07, 6.45) is 0.970. The van der Waals surface area contributed by atoms with Crippen molar-refractivity contribution in [3.8, 4) is 0 Å². The first-order valence-corrected chi connectivity index (χ1v) is 4.69. The van der Waals surface area contributed by atoms with Gasteiger partial charge in [0, 0.05) is 12.3 Å². The van der Waals surface area contributed by atoms with E-state index in [1.165, 1.54) is 0 Å². The normalized spacial score (nSPS) is 33.5. The highest BCUT2D eigenvalue weighted by Gasteiger charge is 2.45. The molecule has 0 unspecified atom stereocenters. The molecule has 0 heterocycles. The average Bonchev–Trinajstić information content (AvgIpc) is 2.28. The maximum absolute atomic E-state index is 11.5. The predicted molar refractivity (Wildman–Crippen MR) is 48.1 cm³/mol. The predicted octanol–water partition coefficient (Wildman–Crippen LogP) is 1.55. The maximum Gasteiger partial charge on any atom is 0.312 e. The molecule has 1 fully saturated rings. The van der Waals surface area contributed by atoms with E-state index in [0.29, 0.717) is 19.4 Å². The molecule has 74 valence electrons. The summed E-state index contributed by atoms with van der Waals surface area (Å²) in [6, 6.07) is 0. The fourth-order valence-electron chi connectivity index (χ4n) is 1.88. The Morgan fingerprint density at radius 2 is 2.31 bits per heavy atom. The Balaban J connectivity index is 2.68. The van der Waals surface area contributed by atoms with Crippen LogP contribution < -0.4 is 0 Å². The van der Waals surface area contributed by atoms with Gasteiger partial charge in [-0.25, -0.2) is 0 Å². The van der Waals surface area contributed by atoms with Crippen LogP contribution in [-0.2, 0) is 14.3 Å². The van der Waals surface area contributed by atoms with Gasteiger partial charge < -0.3 is 4.74 Å². The van der Waals surface area contributed by atoms with Crippen molar-refractivity contribution in [3.05, 3.63) is 0 Å². The summed E-state index contributed by atoms with van der Waals surface area (Å²) in [4.78, 5) is 22.8. The van der Waals surface area contributed by atoms with Crippen molar-refractivity contribution < 1.29 is 14.3 Å². The summed E-state index contributed by atoms with van der Waals surface area (Å²) in [5.41, 5.74) is -0.563. The standard InChI is InChI=1S/C10H16O3/c1-4-13-9(12)10(3)5-7(2)8(11)6-10/h7H,4-6H2,1-3H3/t7-,10+/m0/s1. The Labute approximate surface area is 78.5 Å². The molecule has 0 aromatic carbocycles. The van der Waals surface area contributed by atoms with Crippen molar-refractivity contribution >= 4 is 11.8 Å². The molecule has 3 heteroatoms. The zero-order valence-corrected chi connectivity index (χ0v) is 8.42. The van der Waals surface area contributed by atoms with Crippen LogP contribution in [0.3, 0.4) is 0 Å². The molecular formula is C10H16O3. The molecule has 0 aromatic rings. The molecule has 13 heavy (non-hydrogen) atoms. The fraction of sp³-hybridized carbons (Fsp3) is 0.800. The first-order chi connectivity index (χ1) is 5.99. The van der Waals surface area contributed by atoms with Crippen molar-refractivity contribution in [1.29, 1.82) is 0 Å². The van der Waals surface area contributed by atoms with Crippen LogP contribution in [0.15, 0.2) is 0 Å². The second-order valence-corrected chi connectivity index (χ2v) is 4.03. The van der Waals surface area contributed by atoms with Crippen molar-refractivity contribution in [2.45, 2.75) is 33.6 Å². The second-order valence-electron chi connectivity index (χ2n) is 4.03. The molecule has 3 nitrogen and oxygen atoms in total. The Morgan fingerprint density at radius 3 is 2.69 bits per heavy atom. The van der Waals surface area contributed by atoms with E-state index < -0.39 is 5.41 Å². The molecule has 0 amide bonds. The molecule has 1 rings (SSSR count). The highest BCUT2D eigenvalue weighted by atomic mass is 16.5. The zero-order valence-electron chi connectivity index (χ0n) is 8.42. The van der Waals surface area contributed by atoms with E-state index in [1.54, 1.807) is 6.92 Å². The molecule has 2 atom stereocenters. The smallest absolute Gasteiger partial charge is 0.312 e. The monoisotopic (exact) mass is 184 g/mol. The molecule has 0 radical (unpaired) electrons. The van der Waals surface area contributed by atoms with Crippen LogP contribution in [0.1, 0.15) is 33.6 Å². The van der Waals surface area contributed by atoms with Gasteiger partial charge in [-0.3, -0.25) is 9.59 Å². The molecule has 0 aliphatic heterocycles. The number of esters is 1. The molecule has 0 aromatic heterocycles. The number of hydrogen-bond acceptors (Lipinski definition) is 3. The molecule has 1 saturated carbocycles. The minimum atomic E-state index is -0.563. The SMILES string of the molecule is CCOC(=O)[C@@]1(C)CC(=O)[C@@H](C)C1. The highest BCUT2D eigenvalue weighted by Crippen LogP contribution is 2.39. The number of hydrogen-bond donors (Lipinski definition) is 0.